The Morgan fingerprint density at radius 2 is 2.44 bits per heavy atom. The van der Waals surface area contributed by atoms with E-state index in [-0.39, 0.29) is 5.91 Å². The van der Waals surface area contributed by atoms with Gasteiger partial charge in [0.1, 0.15) is 0 Å². The molecule has 0 fully saturated rings. The molecule has 0 rings (SSSR count). The number of nitrogens with zero attached hydrogens (tertiary/aromatic N) is 1. The van der Waals surface area contributed by atoms with E-state index in [1.165, 1.54) is 0 Å². The highest BCUT2D eigenvalue weighted by Crippen LogP contribution is 1.91. The van der Waals surface area contributed by atoms with Crippen LogP contribution in [-0.4, -0.2) is 5.91 Å². The average molecular weight is 126 g/mol. The van der Waals surface area contributed by atoms with Crippen molar-refractivity contribution in [2.24, 2.45) is 0 Å². The molecule has 0 aliphatic carbocycles. The lowest BCUT2D eigenvalue weighted by Gasteiger charge is -1.91. The molecule has 0 aromatic rings. The summed E-state index contributed by atoms with van der Waals surface area (Å²) in [7, 11) is 0. The zero-order chi connectivity index (χ0) is 7.11. The molecule has 3 nitrogen and oxygen atoms in total. The SMILES string of the molecule is CCCCC(=O)NC#N. The summed E-state index contributed by atoms with van der Waals surface area (Å²) in [5, 5.41) is 10.0. The molecular formula is C6H10N2O. The number of carbonyl (C=O) groups is 1. The molecule has 0 spiro atoms. The van der Waals surface area contributed by atoms with Crippen LogP contribution in [0.4, 0.5) is 0 Å². The Hall–Kier alpha value is -1.04. The van der Waals surface area contributed by atoms with Gasteiger partial charge in [0, 0.05) is 6.42 Å². The molecule has 0 heterocycles. The Morgan fingerprint density at radius 1 is 1.78 bits per heavy atom. The fourth-order valence-corrected chi connectivity index (χ4v) is 0.462. The predicted molar refractivity (Wildman–Crippen MR) is 33.3 cm³/mol. The van der Waals surface area contributed by atoms with E-state index in [1.807, 2.05) is 12.2 Å². The van der Waals surface area contributed by atoms with Crippen LogP contribution < -0.4 is 5.32 Å². The minimum atomic E-state index is -0.181. The quantitative estimate of drug-likeness (QED) is 0.448. The van der Waals surface area contributed by atoms with Crippen LogP contribution in [0.5, 0.6) is 0 Å². The first-order valence-electron chi connectivity index (χ1n) is 2.99. The van der Waals surface area contributed by atoms with Crippen LogP contribution in [0.25, 0.3) is 0 Å². The van der Waals surface area contributed by atoms with E-state index < -0.39 is 0 Å². The van der Waals surface area contributed by atoms with Gasteiger partial charge in [-0.05, 0) is 6.42 Å². The summed E-state index contributed by atoms with van der Waals surface area (Å²) >= 11 is 0. The third-order valence-electron chi connectivity index (χ3n) is 0.953. The summed E-state index contributed by atoms with van der Waals surface area (Å²) in [4.78, 5) is 10.5. The molecule has 0 aromatic heterocycles. The average Bonchev–Trinajstić information content (AvgIpc) is 1.85. The number of hydrogen-bond acceptors (Lipinski definition) is 2. The van der Waals surface area contributed by atoms with Crippen molar-refractivity contribution in [3.8, 4) is 6.19 Å². The first-order chi connectivity index (χ1) is 4.31. The van der Waals surface area contributed by atoms with Crippen LogP contribution >= 0.6 is 0 Å². The van der Waals surface area contributed by atoms with E-state index in [9.17, 15) is 4.79 Å². The first-order valence-corrected chi connectivity index (χ1v) is 2.99. The third-order valence-corrected chi connectivity index (χ3v) is 0.953. The normalized spacial score (nSPS) is 8.00. The minimum Gasteiger partial charge on any atom is -0.274 e. The Balaban J connectivity index is 3.19. The van der Waals surface area contributed by atoms with Crippen molar-refractivity contribution in [1.29, 1.82) is 5.26 Å². The van der Waals surface area contributed by atoms with Gasteiger partial charge in [-0.25, -0.2) is 0 Å². The number of unbranched alkanes of at least 4 members (excludes halogenated alkanes) is 1. The Morgan fingerprint density at radius 3 is 2.89 bits per heavy atom. The molecule has 0 saturated carbocycles. The molecule has 0 saturated heterocycles. The van der Waals surface area contributed by atoms with Gasteiger partial charge in [-0.2, -0.15) is 5.26 Å². The molecule has 9 heavy (non-hydrogen) atoms. The highest BCUT2D eigenvalue weighted by molar-refractivity contribution is 5.77. The largest absolute Gasteiger partial charge is 0.274 e. The van der Waals surface area contributed by atoms with Crippen LogP contribution in [0.2, 0.25) is 0 Å². The maximum atomic E-state index is 10.5. The van der Waals surface area contributed by atoms with Crippen LogP contribution in [-0.2, 0) is 4.79 Å². The fraction of sp³-hybridized carbons (Fsp3) is 0.667. The molecule has 0 bridgehead atoms. The maximum Gasteiger partial charge on any atom is 0.232 e. The predicted octanol–water partition coefficient (Wildman–Crippen LogP) is 0.774. The van der Waals surface area contributed by atoms with Gasteiger partial charge in [0.25, 0.3) is 0 Å². The van der Waals surface area contributed by atoms with E-state index in [4.69, 9.17) is 5.26 Å². The molecule has 0 atom stereocenters. The van der Waals surface area contributed by atoms with Gasteiger partial charge < -0.3 is 0 Å². The maximum absolute atomic E-state index is 10.5. The van der Waals surface area contributed by atoms with Crippen molar-refractivity contribution in [3.05, 3.63) is 0 Å². The number of amides is 1. The van der Waals surface area contributed by atoms with Gasteiger partial charge >= 0.3 is 0 Å². The lowest BCUT2D eigenvalue weighted by Crippen LogP contribution is -2.16. The summed E-state index contributed by atoms with van der Waals surface area (Å²) in [5.41, 5.74) is 0. The van der Waals surface area contributed by atoms with Crippen LogP contribution in [0.15, 0.2) is 0 Å². The second-order valence-corrected chi connectivity index (χ2v) is 1.76. The zero-order valence-electron chi connectivity index (χ0n) is 5.48. The van der Waals surface area contributed by atoms with E-state index in [2.05, 4.69) is 0 Å². The fourth-order valence-electron chi connectivity index (χ4n) is 0.462. The Labute approximate surface area is 54.7 Å². The van der Waals surface area contributed by atoms with Crippen LogP contribution in [0.3, 0.4) is 0 Å². The standard InChI is InChI=1S/C6H10N2O/c1-2-3-4-6(9)8-5-7/h2-4H2,1H3,(H,8,9). The van der Waals surface area contributed by atoms with Gasteiger partial charge in [-0.1, -0.05) is 13.3 Å². The highest BCUT2D eigenvalue weighted by atomic mass is 16.1. The number of carbonyl (C=O) groups excluding carboxylic acids is 1. The lowest BCUT2D eigenvalue weighted by molar-refractivity contribution is -0.120. The van der Waals surface area contributed by atoms with Crippen molar-refractivity contribution in [3.63, 3.8) is 0 Å². The summed E-state index contributed by atoms with van der Waals surface area (Å²) in [5.74, 6) is -0.181. The number of hydrogen-bond donors (Lipinski definition) is 1. The molecule has 1 N–H and O–H groups in total. The lowest BCUT2D eigenvalue weighted by atomic mass is 10.2. The van der Waals surface area contributed by atoms with Crippen molar-refractivity contribution in [2.75, 3.05) is 0 Å². The van der Waals surface area contributed by atoms with E-state index in [0.29, 0.717) is 6.42 Å². The van der Waals surface area contributed by atoms with Crippen molar-refractivity contribution in [2.45, 2.75) is 26.2 Å². The number of rotatable bonds is 3. The molecule has 0 aliphatic rings. The molecule has 1 amide bonds. The smallest absolute Gasteiger partial charge is 0.232 e. The monoisotopic (exact) mass is 126 g/mol. The van der Waals surface area contributed by atoms with Gasteiger partial charge in [-0.15, -0.1) is 0 Å². The minimum absolute atomic E-state index is 0.181. The number of nitrogens with one attached hydrogen (secondary N) is 1. The molecule has 0 aromatic carbocycles. The van der Waals surface area contributed by atoms with E-state index >= 15 is 0 Å². The van der Waals surface area contributed by atoms with Crippen molar-refractivity contribution < 1.29 is 4.79 Å². The van der Waals surface area contributed by atoms with Crippen LogP contribution in [0, 0.1) is 11.5 Å². The molecule has 0 unspecified atom stereocenters. The molecule has 0 radical (unpaired) electrons. The van der Waals surface area contributed by atoms with E-state index in [0.717, 1.165) is 12.8 Å². The molecular weight excluding hydrogens is 116 g/mol. The second kappa shape index (κ2) is 5.10. The summed E-state index contributed by atoms with van der Waals surface area (Å²) in [6, 6.07) is 0. The molecule has 3 heteroatoms. The van der Waals surface area contributed by atoms with Crippen molar-refractivity contribution in [1.82, 2.24) is 5.32 Å². The van der Waals surface area contributed by atoms with Crippen LogP contribution in [0.1, 0.15) is 26.2 Å². The third kappa shape index (κ3) is 4.82. The van der Waals surface area contributed by atoms with Gasteiger partial charge in [-0.3, -0.25) is 10.1 Å². The Kier molecular flexibility index (Phi) is 4.51. The van der Waals surface area contributed by atoms with Gasteiger partial charge in [0.2, 0.25) is 5.91 Å². The summed E-state index contributed by atoms with van der Waals surface area (Å²) < 4.78 is 0. The van der Waals surface area contributed by atoms with Gasteiger partial charge in [0.05, 0.1) is 0 Å². The molecule has 0 aliphatic heterocycles. The van der Waals surface area contributed by atoms with Crippen molar-refractivity contribution >= 4 is 5.91 Å². The summed E-state index contributed by atoms with van der Waals surface area (Å²) in [6.07, 6.45) is 3.88. The first kappa shape index (κ1) is 7.96. The van der Waals surface area contributed by atoms with E-state index in [1.54, 1.807) is 6.19 Å². The Bertz CT molecular complexity index is 126. The highest BCUT2D eigenvalue weighted by Gasteiger charge is 1.95. The summed E-state index contributed by atoms with van der Waals surface area (Å²) in [6.45, 7) is 2.00. The topological polar surface area (TPSA) is 52.9 Å². The zero-order valence-corrected chi connectivity index (χ0v) is 5.48. The number of nitriles is 1. The van der Waals surface area contributed by atoms with Gasteiger partial charge in [0.15, 0.2) is 6.19 Å². The molecule has 50 valence electrons. The second-order valence-electron chi connectivity index (χ2n) is 1.76.